The zero-order valence-electron chi connectivity index (χ0n) is 15.0. The largest absolute Gasteiger partial charge is 0.344 e. The molecule has 0 aliphatic carbocycles. The third kappa shape index (κ3) is 3.20. The molecule has 0 bridgehead atoms. The number of aryl methyl sites for hydroxylation is 1. The second kappa shape index (κ2) is 5.97. The van der Waals surface area contributed by atoms with E-state index in [9.17, 15) is 0 Å². The summed E-state index contributed by atoms with van der Waals surface area (Å²) in [5, 5.41) is 2.43. The standard InChI is InChI=1S/C21H24N2O2/c1-16-4-5-18-11-19(7-6-17(18)10-16)21(12-23-9-8-22-15-23)24-13-20(2,3)14-25-21/h4-11,15H,12-14H2,1-3H3. The summed E-state index contributed by atoms with van der Waals surface area (Å²) in [7, 11) is 0. The minimum atomic E-state index is -0.782. The van der Waals surface area contributed by atoms with Crippen molar-refractivity contribution in [3.63, 3.8) is 0 Å². The number of hydrogen-bond donors (Lipinski definition) is 0. The molecule has 1 aliphatic rings. The number of hydrogen-bond acceptors (Lipinski definition) is 3. The average molecular weight is 336 g/mol. The predicted molar refractivity (Wildman–Crippen MR) is 98.3 cm³/mol. The maximum absolute atomic E-state index is 6.34. The Morgan fingerprint density at radius 2 is 1.76 bits per heavy atom. The molecule has 0 amide bonds. The fourth-order valence-electron chi connectivity index (χ4n) is 3.28. The third-order valence-electron chi connectivity index (χ3n) is 4.78. The van der Waals surface area contributed by atoms with Gasteiger partial charge in [-0.15, -0.1) is 0 Å². The van der Waals surface area contributed by atoms with Crippen LogP contribution in [0.15, 0.2) is 55.1 Å². The summed E-state index contributed by atoms with van der Waals surface area (Å²) in [6.45, 7) is 8.35. The van der Waals surface area contributed by atoms with Gasteiger partial charge in [-0.1, -0.05) is 49.7 Å². The molecule has 3 aromatic rings. The van der Waals surface area contributed by atoms with Crippen molar-refractivity contribution in [2.24, 2.45) is 5.41 Å². The summed E-state index contributed by atoms with van der Waals surface area (Å²) in [4.78, 5) is 4.15. The lowest BCUT2D eigenvalue weighted by Gasteiger charge is -2.43. The molecule has 2 aromatic carbocycles. The van der Waals surface area contributed by atoms with Gasteiger partial charge in [0.1, 0.15) is 0 Å². The molecule has 4 heteroatoms. The van der Waals surface area contributed by atoms with Crippen LogP contribution in [0.2, 0.25) is 0 Å². The van der Waals surface area contributed by atoms with Gasteiger partial charge in [0.2, 0.25) is 5.79 Å². The van der Waals surface area contributed by atoms with Gasteiger partial charge in [0, 0.05) is 23.4 Å². The molecular weight excluding hydrogens is 312 g/mol. The molecule has 130 valence electrons. The topological polar surface area (TPSA) is 36.3 Å². The third-order valence-corrected chi connectivity index (χ3v) is 4.78. The maximum Gasteiger partial charge on any atom is 0.213 e. The van der Waals surface area contributed by atoms with E-state index in [0.717, 1.165) is 5.56 Å². The van der Waals surface area contributed by atoms with Gasteiger partial charge in [0.15, 0.2) is 0 Å². The fourth-order valence-corrected chi connectivity index (χ4v) is 3.28. The maximum atomic E-state index is 6.34. The monoisotopic (exact) mass is 336 g/mol. The van der Waals surface area contributed by atoms with Crippen molar-refractivity contribution in [3.8, 4) is 0 Å². The molecule has 4 rings (SSSR count). The molecule has 2 heterocycles. The number of benzene rings is 2. The van der Waals surface area contributed by atoms with E-state index in [1.807, 2.05) is 10.8 Å². The minimum absolute atomic E-state index is 0.0202. The summed E-state index contributed by atoms with van der Waals surface area (Å²) < 4.78 is 14.7. The molecule has 0 radical (unpaired) electrons. The Hall–Kier alpha value is -2.17. The first-order chi connectivity index (χ1) is 12.0. The Morgan fingerprint density at radius 1 is 1.04 bits per heavy atom. The molecule has 4 nitrogen and oxygen atoms in total. The van der Waals surface area contributed by atoms with Crippen molar-refractivity contribution < 1.29 is 9.47 Å². The number of nitrogens with zero attached hydrogens (tertiary/aromatic N) is 2. The highest BCUT2D eigenvalue weighted by Gasteiger charge is 2.42. The van der Waals surface area contributed by atoms with E-state index in [4.69, 9.17) is 9.47 Å². The van der Waals surface area contributed by atoms with Gasteiger partial charge in [-0.25, -0.2) is 4.98 Å². The molecule has 25 heavy (non-hydrogen) atoms. The molecule has 1 fully saturated rings. The quantitative estimate of drug-likeness (QED) is 0.716. The van der Waals surface area contributed by atoms with Gasteiger partial charge in [0.05, 0.1) is 26.1 Å². The lowest BCUT2D eigenvalue weighted by atomic mass is 9.92. The number of rotatable bonds is 3. The zero-order chi connectivity index (χ0) is 17.5. The van der Waals surface area contributed by atoms with Crippen LogP contribution in [0, 0.1) is 12.3 Å². The van der Waals surface area contributed by atoms with E-state index in [2.05, 4.69) is 62.2 Å². The van der Waals surface area contributed by atoms with E-state index in [1.54, 1.807) is 12.5 Å². The Morgan fingerprint density at radius 3 is 2.48 bits per heavy atom. The lowest BCUT2D eigenvalue weighted by molar-refractivity contribution is -0.314. The zero-order valence-corrected chi connectivity index (χ0v) is 15.0. The summed E-state index contributed by atoms with van der Waals surface area (Å²) >= 11 is 0. The van der Waals surface area contributed by atoms with E-state index in [0.29, 0.717) is 19.8 Å². The molecular formula is C21H24N2O2. The second-order valence-electron chi connectivity index (χ2n) is 7.79. The lowest BCUT2D eigenvalue weighted by Crippen LogP contribution is -2.47. The highest BCUT2D eigenvalue weighted by atomic mass is 16.7. The van der Waals surface area contributed by atoms with Gasteiger partial charge < -0.3 is 14.0 Å². The average Bonchev–Trinajstić information content (AvgIpc) is 3.09. The summed E-state index contributed by atoms with van der Waals surface area (Å²) in [5.41, 5.74) is 2.33. The molecule has 0 atom stereocenters. The van der Waals surface area contributed by atoms with E-state index < -0.39 is 5.79 Å². The van der Waals surface area contributed by atoms with Crippen LogP contribution in [0.25, 0.3) is 10.8 Å². The van der Waals surface area contributed by atoms with Crippen molar-refractivity contribution in [1.29, 1.82) is 0 Å². The van der Waals surface area contributed by atoms with Crippen LogP contribution in [0.1, 0.15) is 25.0 Å². The van der Waals surface area contributed by atoms with Crippen LogP contribution >= 0.6 is 0 Å². The smallest absolute Gasteiger partial charge is 0.213 e. The predicted octanol–water partition coefficient (Wildman–Crippen LogP) is 4.27. The number of ether oxygens (including phenoxy) is 2. The first-order valence-electron chi connectivity index (χ1n) is 8.70. The Kier molecular flexibility index (Phi) is 3.89. The fraction of sp³-hybridized carbons (Fsp3) is 0.381. The SMILES string of the molecule is Cc1ccc2cc(C3(Cn4ccnc4)OCC(C)(C)CO3)ccc2c1. The normalized spacial score (nSPS) is 19.2. The van der Waals surface area contributed by atoms with Gasteiger partial charge in [-0.2, -0.15) is 0 Å². The summed E-state index contributed by atoms with van der Waals surface area (Å²) in [6.07, 6.45) is 5.53. The minimum Gasteiger partial charge on any atom is -0.344 e. The van der Waals surface area contributed by atoms with Crippen molar-refractivity contribution >= 4 is 10.8 Å². The van der Waals surface area contributed by atoms with Crippen molar-refractivity contribution in [1.82, 2.24) is 9.55 Å². The number of fused-ring (bicyclic) bond motifs is 1. The van der Waals surface area contributed by atoms with Crippen LogP contribution in [-0.2, 0) is 21.8 Å². The Labute approximate surface area is 148 Å². The molecule has 1 aliphatic heterocycles. The van der Waals surface area contributed by atoms with Gasteiger partial charge in [0.25, 0.3) is 0 Å². The summed E-state index contributed by atoms with van der Waals surface area (Å²) in [5.74, 6) is -0.782. The van der Waals surface area contributed by atoms with Gasteiger partial charge in [-0.05, 0) is 23.8 Å². The van der Waals surface area contributed by atoms with Gasteiger partial charge in [-0.3, -0.25) is 0 Å². The van der Waals surface area contributed by atoms with Crippen molar-refractivity contribution in [3.05, 3.63) is 66.2 Å². The molecule has 1 aromatic heterocycles. The second-order valence-corrected chi connectivity index (χ2v) is 7.79. The first kappa shape index (κ1) is 16.3. The summed E-state index contributed by atoms with van der Waals surface area (Å²) in [6, 6.07) is 13.0. The Balaban J connectivity index is 1.76. The molecule has 0 N–H and O–H groups in total. The van der Waals surface area contributed by atoms with Crippen LogP contribution < -0.4 is 0 Å². The van der Waals surface area contributed by atoms with Crippen LogP contribution in [0.5, 0.6) is 0 Å². The van der Waals surface area contributed by atoms with Crippen LogP contribution in [0.3, 0.4) is 0 Å². The van der Waals surface area contributed by atoms with Crippen molar-refractivity contribution in [2.75, 3.05) is 13.2 Å². The van der Waals surface area contributed by atoms with E-state index >= 15 is 0 Å². The molecule has 1 saturated heterocycles. The molecule has 0 unspecified atom stereocenters. The van der Waals surface area contributed by atoms with Crippen molar-refractivity contribution in [2.45, 2.75) is 33.1 Å². The highest BCUT2D eigenvalue weighted by molar-refractivity contribution is 5.84. The number of imidazole rings is 1. The first-order valence-corrected chi connectivity index (χ1v) is 8.70. The van der Waals surface area contributed by atoms with Crippen LogP contribution in [-0.4, -0.2) is 22.8 Å². The highest BCUT2D eigenvalue weighted by Crippen LogP contribution is 2.39. The molecule has 0 saturated carbocycles. The van der Waals surface area contributed by atoms with E-state index in [1.165, 1.54) is 16.3 Å². The van der Waals surface area contributed by atoms with Gasteiger partial charge >= 0.3 is 0 Å². The van der Waals surface area contributed by atoms with E-state index in [-0.39, 0.29) is 5.41 Å². The van der Waals surface area contributed by atoms with Crippen LogP contribution in [0.4, 0.5) is 0 Å². The molecule has 0 spiro atoms. The number of aromatic nitrogens is 2. The Bertz CT molecular complexity index is 874.